The molecule has 8 nitrogen and oxygen atoms in total. The van der Waals surface area contributed by atoms with Gasteiger partial charge < -0.3 is 5.32 Å². The summed E-state index contributed by atoms with van der Waals surface area (Å²) >= 11 is 0. The van der Waals surface area contributed by atoms with E-state index in [-0.39, 0.29) is 18.0 Å². The van der Waals surface area contributed by atoms with Gasteiger partial charge in [0.15, 0.2) is 11.4 Å². The van der Waals surface area contributed by atoms with Crippen molar-refractivity contribution in [1.29, 1.82) is 0 Å². The molecule has 0 aliphatic rings. The number of carbonyl (C=O) groups excluding carboxylic acids is 1. The van der Waals surface area contributed by atoms with Crippen molar-refractivity contribution in [2.75, 3.05) is 7.05 Å². The fraction of sp³-hybridized carbons (Fsp3) is 0.211. The van der Waals surface area contributed by atoms with Crippen LogP contribution < -0.4 is 10.0 Å². The number of hydrogen-bond acceptors (Lipinski definition) is 5. The van der Waals surface area contributed by atoms with E-state index in [1.165, 1.54) is 19.2 Å². The lowest BCUT2D eigenvalue weighted by molar-refractivity contribution is -0.143. The van der Waals surface area contributed by atoms with E-state index in [2.05, 4.69) is 20.4 Å². The molecule has 0 aliphatic heterocycles. The van der Waals surface area contributed by atoms with E-state index in [4.69, 9.17) is 0 Å². The molecule has 2 N–H and O–H groups in total. The molecule has 170 valence electrons. The number of aromatic nitrogens is 3. The third-order valence-corrected chi connectivity index (χ3v) is 5.70. The summed E-state index contributed by atoms with van der Waals surface area (Å²) in [4.78, 5) is 12.4. The van der Waals surface area contributed by atoms with Crippen LogP contribution in [0.4, 0.5) is 17.6 Å². The van der Waals surface area contributed by atoms with E-state index in [1.807, 2.05) is 0 Å². The number of alkyl halides is 3. The highest BCUT2D eigenvalue weighted by molar-refractivity contribution is 7.88. The Morgan fingerprint density at radius 3 is 2.19 bits per heavy atom. The molecule has 2 aromatic carbocycles. The van der Waals surface area contributed by atoms with Gasteiger partial charge in [0.1, 0.15) is 5.82 Å². The van der Waals surface area contributed by atoms with Gasteiger partial charge in [0.25, 0.3) is 5.91 Å². The van der Waals surface area contributed by atoms with Crippen molar-refractivity contribution in [3.8, 4) is 5.69 Å². The molecule has 0 saturated carbocycles. The highest BCUT2D eigenvalue weighted by Crippen LogP contribution is 2.32. The smallest absolute Gasteiger partial charge is 0.346 e. The molecule has 13 heteroatoms. The van der Waals surface area contributed by atoms with Crippen LogP contribution in [0.3, 0.4) is 0 Å². The highest BCUT2D eigenvalue weighted by atomic mass is 32.2. The third-order valence-electron chi connectivity index (χ3n) is 4.37. The van der Waals surface area contributed by atoms with Crippen molar-refractivity contribution in [1.82, 2.24) is 25.0 Å². The predicted molar refractivity (Wildman–Crippen MR) is 106 cm³/mol. The summed E-state index contributed by atoms with van der Waals surface area (Å²) in [6, 6.07) is 10.2. The molecule has 1 aromatic heterocycles. The quantitative estimate of drug-likeness (QED) is 0.515. The molecule has 32 heavy (non-hydrogen) atoms. The number of rotatable bonds is 7. The summed E-state index contributed by atoms with van der Waals surface area (Å²) < 4.78 is 79.7. The number of halogens is 4. The molecule has 0 aliphatic carbocycles. The molecule has 0 saturated heterocycles. The van der Waals surface area contributed by atoms with E-state index in [9.17, 15) is 30.8 Å². The molecule has 0 bridgehead atoms. The van der Waals surface area contributed by atoms with E-state index in [0.717, 1.165) is 24.3 Å². The molecule has 3 aromatic rings. The van der Waals surface area contributed by atoms with E-state index < -0.39 is 39.3 Å². The molecule has 3 rings (SSSR count). The number of nitrogens with one attached hydrogen (secondary N) is 2. The molecule has 0 spiro atoms. The Bertz CT molecular complexity index is 1210. The van der Waals surface area contributed by atoms with Crippen LogP contribution in [0.25, 0.3) is 5.69 Å². The van der Waals surface area contributed by atoms with Crippen LogP contribution in [0.5, 0.6) is 0 Å². The minimum absolute atomic E-state index is 0.114. The zero-order chi connectivity index (χ0) is 23.5. The van der Waals surface area contributed by atoms with Crippen molar-refractivity contribution < 1.29 is 30.8 Å². The van der Waals surface area contributed by atoms with Gasteiger partial charge in [0.2, 0.25) is 10.0 Å². The van der Waals surface area contributed by atoms with Crippen LogP contribution in [0.1, 0.15) is 27.3 Å². The number of benzene rings is 2. The van der Waals surface area contributed by atoms with E-state index in [0.29, 0.717) is 15.8 Å². The first-order valence-electron chi connectivity index (χ1n) is 9.06. The summed E-state index contributed by atoms with van der Waals surface area (Å²) in [7, 11) is -2.16. The monoisotopic (exact) mass is 471 g/mol. The van der Waals surface area contributed by atoms with Gasteiger partial charge >= 0.3 is 6.18 Å². The van der Waals surface area contributed by atoms with Gasteiger partial charge in [-0.3, -0.25) is 4.79 Å². The van der Waals surface area contributed by atoms with Crippen LogP contribution in [0.15, 0.2) is 48.5 Å². The van der Waals surface area contributed by atoms with Gasteiger partial charge in [0.05, 0.1) is 11.4 Å². The first-order valence-corrected chi connectivity index (χ1v) is 10.7. The molecule has 0 atom stereocenters. The van der Waals surface area contributed by atoms with E-state index in [1.54, 1.807) is 12.1 Å². The number of nitrogens with zero attached hydrogens (tertiary/aromatic N) is 3. The average molecular weight is 471 g/mol. The maximum Gasteiger partial charge on any atom is 0.435 e. The molecular formula is C19H17F4N5O3S. The molecule has 0 radical (unpaired) electrons. The standard InChI is InChI=1S/C19H17F4N5O3S/c1-24-32(30,31)11-13-4-2-12(3-5-13)10-25-18(29)16-17(19(21,22)23)28(27-26-16)15-8-6-14(20)7-9-15/h2-9,24H,10-11H2,1H3,(H,25,29). The highest BCUT2D eigenvalue weighted by Gasteiger charge is 2.42. The molecular weight excluding hydrogens is 454 g/mol. The lowest BCUT2D eigenvalue weighted by Gasteiger charge is -2.11. The molecule has 0 fully saturated rings. The van der Waals surface area contributed by atoms with Gasteiger partial charge in [-0.25, -0.2) is 22.2 Å². The number of sulfonamides is 1. The Kier molecular flexibility index (Phi) is 6.60. The second-order valence-electron chi connectivity index (χ2n) is 6.64. The number of hydrogen-bond donors (Lipinski definition) is 2. The second kappa shape index (κ2) is 9.04. The van der Waals surface area contributed by atoms with Gasteiger partial charge in [-0.1, -0.05) is 29.5 Å². The van der Waals surface area contributed by atoms with Gasteiger partial charge in [-0.05, 0) is 42.4 Å². The Labute approximate surface area is 180 Å². The van der Waals surface area contributed by atoms with Crippen LogP contribution in [-0.4, -0.2) is 36.4 Å². The van der Waals surface area contributed by atoms with E-state index >= 15 is 0 Å². The van der Waals surface area contributed by atoms with Crippen molar-refractivity contribution in [3.05, 3.63) is 76.9 Å². The Balaban J connectivity index is 1.77. The summed E-state index contributed by atoms with van der Waals surface area (Å²) in [6.45, 7) is -0.126. The lowest BCUT2D eigenvalue weighted by Crippen LogP contribution is -2.27. The summed E-state index contributed by atoms with van der Waals surface area (Å²) in [5.74, 6) is -1.99. The zero-order valence-electron chi connectivity index (χ0n) is 16.5. The maximum atomic E-state index is 13.6. The van der Waals surface area contributed by atoms with Crippen molar-refractivity contribution in [2.45, 2.75) is 18.5 Å². The summed E-state index contributed by atoms with van der Waals surface area (Å²) in [5, 5.41) is 9.12. The number of carbonyl (C=O) groups is 1. The Hall–Kier alpha value is -3.32. The fourth-order valence-electron chi connectivity index (χ4n) is 2.76. The zero-order valence-corrected chi connectivity index (χ0v) is 17.3. The minimum atomic E-state index is -4.95. The normalized spacial score (nSPS) is 12.0. The van der Waals surface area contributed by atoms with Gasteiger partial charge in [0, 0.05) is 6.54 Å². The van der Waals surface area contributed by atoms with Crippen LogP contribution >= 0.6 is 0 Å². The molecule has 1 heterocycles. The first-order chi connectivity index (χ1) is 15.0. The summed E-state index contributed by atoms with van der Waals surface area (Å²) in [5.41, 5.74) is -1.41. The molecule has 0 unspecified atom stereocenters. The number of amides is 1. The lowest BCUT2D eigenvalue weighted by atomic mass is 10.1. The Morgan fingerprint density at radius 1 is 1.03 bits per heavy atom. The van der Waals surface area contributed by atoms with Crippen LogP contribution in [0, 0.1) is 5.82 Å². The summed E-state index contributed by atoms with van der Waals surface area (Å²) in [6.07, 6.45) is -4.95. The minimum Gasteiger partial charge on any atom is -0.346 e. The largest absolute Gasteiger partial charge is 0.435 e. The average Bonchev–Trinajstić information content (AvgIpc) is 3.19. The first kappa shape index (κ1) is 23.3. The molecule has 1 amide bonds. The van der Waals surface area contributed by atoms with Gasteiger partial charge in [-0.2, -0.15) is 13.2 Å². The van der Waals surface area contributed by atoms with Crippen molar-refractivity contribution in [2.24, 2.45) is 0 Å². The van der Waals surface area contributed by atoms with Crippen molar-refractivity contribution >= 4 is 15.9 Å². The van der Waals surface area contributed by atoms with Crippen LogP contribution in [-0.2, 0) is 28.5 Å². The van der Waals surface area contributed by atoms with Crippen molar-refractivity contribution in [3.63, 3.8) is 0 Å². The Morgan fingerprint density at radius 2 is 1.62 bits per heavy atom. The van der Waals surface area contributed by atoms with Gasteiger partial charge in [-0.15, -0.1) is 5.10 Å². The van der Waals surface area contributed by atoms with Crippen LogP contribution in [0.2, 0.25) is 0 Å². The topological polar surface area (TPSA) is 106 Å². The SMILES string of the molecule is CNS(=O)(=O)Cc1ccc(CNC(=O)c2nnn(-c3ccc(F)cc3)c2C(F)(F)F)cc1. The third kappa shape index (κ3) is 5.48. The second-order valence-corrected chi connectivity index (χ2v) is 8.56. The predicted octanol–water partition coefficient (Wildman–Crippen LogP) is 2.40. The fourth-order valence-corrected chi connectivity index (χ4v) is 3.54. The maximum absolute atomic E-state index is 13.6.